The molecule has 0 spiro atoms. The molecule has 1 amide bonds. The summed E-state index contributed by atoms with van der Waals surface area (Å²) in [5, 5.41) is 0. The quantitative estimate of drug-likeness (QED) is 0.684. The second kappa shape index (κ2) is 5.80. The van der Waals surface area contributed by atoms with E-state index in [-0.39, 0.29) is 6.04 Å². The Bertz CT molecular complexity index is 268. The van der Waals surface area contributed by atoms with Crippen LogP contribution in [0.1, 0.15) is 26.7 Å². The highest BCUT2D eigenvalue weighted by Gasteiger charge is 2.33. The van der Waals surface area contributed by atoms with Crippen molar-refractivity contribution in [2.24, 2.45) is 17.4 Å². The highest BCUT2D eigenvalue weighted by Crippen LogP contribution is 2.22. The van der Waals surface area contributed by atoms with Crippen LogP contribution in [0.25, 0.3) is 0 Å². The van der Waals surface area contributed by atoms with Crippen molar-refractivity contribution < 1.29 is 9.53 Å². The Kier molecular flexibility index (Phi) is 4.91. The van der Waals surface area contributed by atoms with E-state index in [4.69, 9.17) is 16.2 Å². The van der Waals surface area contributed by atoms with Crippen molar-refractivity contribution in [3.63, 3.8) is 0 Å². The summed E-state index contributed by atoms with van der Waals surface area (Å²) in [6.07, 6.45) is 1.75. The number of hydrogen-bond donors (Lipinski definition) is 2. The molecule has 0 aliphatic carbocycles. The normalized spacial score (nSPS) is 26.7. The molecule has 1 heterocycles. The lowest BCUT2D eigenvalue weighted by Crippen LogP contribution is -2.53. The minimum atomic E-state index is -0.918. The minimum Gasteiger partial charge on any atom is -0.384 e. The average Bonchev–Trinajstić information content (AvgIpc) is 2.66. The van der Waals surface area contributed by atoms with Crippen LogP contribution in [0.4, 0.5) is 0 Å². The van der Waals surface area contributed by atoms with Gasteiger partial charge in [0, 0.05) is 19.7 Å². The first-order valence-corrected chi connectivity index (χ1v) is 6.18. The Morgan fingerprint density at radius 1 is 1.65 bits per heavy atom. The van der Waals surface area contributed by atoms with Crippen molar-refractivity contribution in [2.45, 2.75) is 38.3 Å². The van der Waals surface area contributed by atoms with Gasteiger partial charge in [-0.25, -0.2) is 0 Å². The lowest BCUT2D eigenvalue weighted by molar-refractivity contribution is -0.123. The van der Waals surface area contributed by atoms with Gasteiger partial charge in [0.2, 0.25) is 5.91 Å². The van der Waals surface area contributed by atoms with E-state index in [0.717, 1.165) is 26.1 Å². The molecule has 5 heteroatoms. The summed E-state index contributed by atoms with van der Waals surface area (Å²) in [5.41, 5.74) is 10.3. The van der Waals surface area contributed by atoms with Crippen molar-refractivity contribution in [1.29, 1.82) is 0 Å². The van der Waals surface area contributed by atoms with Gasteiger partial charge in [0.15, 0.2) is 0 Å². The standard InChI is InChI=1S/C12H25N3O2/c1-9(6-12(2,14)11(13)16)15-5-4-10(7-15)8-17-3/h9-10H,4-8,14H2,1-3H3,(H2,13,16). The van der Waals surface area contributed by atoms with Gasteiger partial charge < -0.3 is 21.1 Å². The van der Waals surface area contributed by atoms with Crippen molar-refractivity contribution in [3.8, 4) is 0 Å². The lowest BCUT2D eigenvalue weighted by Gasteiger charge is -2.30. The van der Waals surface area contributed by atoms with Crippen LogP contribution in [0, 0.1) is 5.92 Å². The molecule has 0 aromatic rings. The summed E-state index contributed by atoms with van der Waals surface area (Å²) in [6, 6.07) is 0.277. The number of likely N-dealkylation sites (tertiary alicyclic amines) is 1. The third kappa shape index (κ3) is 3.94. The van der Waals surface area contributed by atoms with Crippen LogP contribution in [0.3, 0.4) is 0 Å². The Morgan fingerprint density at radius 3 is 2.82 bits per heavy atom. The van der Waals surface area contributed by atoms with E-state index >= 15 is 0 Å². The van der Waals surface area contributed by atoms with E-state index in [1.54, 1.807) is 14.0 Å². The molecule has 17 heavy (non-hydrogen) atoms. The number of carbonyl (C=O) groups excluding carboxylic acids is 1. The lowest BCUT2D eigenvalue weighted by atomic mass is 9.93. The molecule has 1 fully saturated rings. The number of carbonyl (C=O) groups is 1. The zero-order valence-corrected chi connectivity index (χ0v) is 11.1. The Hall–Kier alpha value is -0.650. The number of primary amides is 1. The van der Waals surface area contributed by atoms with Crippen molar-refractivity contribution >= 4 is 5.91 Å². The van der Waals surface area contributed by atoms with E-state index in [9.17, 15) is 4.79 Å². The van der Waals surface area contributed by atoms with Gasteiger partial charge in [0.25, 0.3) is 0 Å². The molecule has 4 N–H and O–H groups in total. The van der Waals surface area contributed by atoms with E-state index in [1.807, 2.05) is 0 Å². The Labute approximate surface area is 103 Å². The first-order valence-electron chi connectivity index (χ1n) is 6.18. The van der Waals surface area contributed by atoms with Crippen LogP contribution < -0.4 is 11.5 Å². The summed E-state index contributed by atoms with van der Waals surface area (Å²) in [5.74, 6) is 0.164. The minimum absolute atomic E-state index is 0.277. The van der Waals surface area contributed by atoms with Gasteiger partial charge in [-0.1, -0.05) is 0 Å². The summed E-state index contributed by atoms with van der Waals surface area (Å²) in [6.45, 7) is 6.67. The fourth-order valence-corrected chi connectivity index (χ4v) is 2.48. The van der Waals surface area contributed by atoms with Crippen LogP contribution >= 0.6 is 0 Å². The monoisotopic (exact) mass is 243 g/mol. The van der Waals surface area contributed by atoms with Crippen LogP contribution in [-0.2, 0) is 9.53 Å². The number of ether oxygens (including phenoxy) is 1. The second-order valence-electron chi connectivity index (χ2n) is 5.44. The molecular formula is C12H25N3O2. The second-order valence-corrected chi connectivity index (χ2v) is 5.44. The van der Waals surface area contributed by atoms with Crippen LogP contribution in [0.2, 0.25) is 0 Å². The first kappa shape index (κ1) is 14.4. The zero-order valence-electron chi connectivity index (χ0n) is 11.1. The van der Waals surface area contributed by atoms with Gasteiger partial charge in [-0.15, -0.1) is 0 Å². The highest BCUT2D eigenvalue weighted by atomic mass is 16.5. The van der Waals surface area contributed by atoms with E-state index < -0.39 is 11.4 Å². The molecule has 5 nitrogen and oxygen atoms in total. The van der Waals surface area contributed by atoms with E-state index in [0.29, 0.717) is 12.3 Å². The molecule has 0 radical (unpaired) electrons. The summed E-state index contributed by atoms with van der Waals surface area (Å²) < 4.78 is 5.17. The maximum atomic E-state index is 11.2. The SMILES string of the molecule is COCC1CCN(C(C)CC(C)(N)C(N)=O)C1. The molecule has 100 valence electrons. The molecule has 1 rings (SSSR count). The van der Waals surface area contributed by atoms with Gasteiger partial charge in [0.1, 0.15) is 0 Å². The summed E-state index contributed by atoms with van der Waals surface area (Å²) in [7, 11) is 1.73. The van der Waals surface area contributed by atoms with E-state index in [1.165, 1.54) is 0 Å². The number of methoxy groups -OCH3 is 1. The molecule has 0 aromatic heterocycles. The zero-order chi connectivity index (χ0) is 13.1. The molecule has 1 saturated heterocycles. The van der Waals surface area contributed by atoms with Crippen LogP contribution in [0.5, 0.6) is 0 Å². The first-order chi connectivity index (χ1) is 7.86. The largest absolute Gasteiger partial charge is 0.384 e. The molecule has 1 aliphatic heterocycles. The molecule has 3 unspecified atom stereocenters. The van der Waals surface area contributed by atoms with Gasteiger partial charge in [-0.3, -0.25) is 4.79 Å². The van der Waals surface area contributed by atoms with Gasteiger partial charge in [-0.05, 0) is 39.2 Å². The molecule has 1 aliphatic rings. The Morgan fingerprint density at radius 2 is 2.29 bits per heavy atom. The van der Waals surface area contributed by atoms with Gasteiger partial charge >= 0.3 is 0 Å². The number of amides is 1. The molecular weight excluding hydrogens is 218 g/mol. The van der Waals surface area contributed by atoms with E-state index in [2.05, 4.69) is 11.8 Å². The third-order valence-corrected chi connectivity index (χ3v) is 3.63. The van der Waals surface area contributed by atoms with Gasteiger partial charge in [0.05, 0.1) is 12.1 Å². The van der Waals surface area contributed by atoms with Crippen LogP contribution in [-0.4, -0.2) is 49.2 Å². The summed E-state index contributed by atoms with van der Waals surface area (Å²) in [4.78, 5) is 13.6. The highest BCUT2D eigenvalue weighted by molar-refractivity contribution is 5.83. The topological polar surface area (TPSA) is 81.6 Å². The maximum absolute atomic E-state index is 11.2. The number of rotatable bonds is 6. The maximum Gasteiger partial charge on any atom is 0.237 e. The number of nitrogens with two attached hydrogens (primary N) is 2. The fraction of sp³-hybridized carbons (Fsp3) is 0.917. The average molecular weight is 243 g/mol. The molecule has 0 bridgehead atoms. The van der Waals surface area contributed by atoms with Crippen molar-refractivity contribution in [1.82, 2.24) is 4.90 Å². The summed E-state index contributed by atoms with van der Waals surface area (Å²) >= 11 is 0. The van der Waals surface area contributed by atoms with Crippen LogP contribution in [0.15, 0.2) is 0 Å². The molecule has 0 saturated carbocycles. The number of hydrogen-bond acceptors (Lipinski definition) is 4. The molecule has 0 aromatic carbocycles. The van der Waals surface area contributed by atoms with Crippen molar-refractivity contribution in [2.75, 3.05) is 26.8 Å². The Balaban J connectivity index is 2.44. The fourth-order valence-electron chi connectivity index (χ4n) is 2.48. The number of nitrogens with zero attached hydrogens (tertiary/aromatic N) is 1. The smallest absolute Gasteiger partial charge is 0.237 e. The predicted octanol–water partition coefficient (Wildman–Crippen LogP) is -0.0640. The van der Waals surface area contributed by atoms with Gasteiger partial charge in [-0.2, -0.15) is 0 Å². The third-order valence-electron chi connectivity index (χ3n) is 3.63. The predicted molar refractivity (Wildman–Crippen MR) is 67.4 cm³/mol. The van der Waals surface area contributed by atoms with Crippen molar-refractivity contribution in [3.05, 3.63) is 0 Å². The molecule has 3 atom stereocenters.